The summed E-state index contributed by atoms with van der Waals surface area (Å²) in [6.45, 7) is 1.58. The number of benzene rings is 1. The van der Waals surface area contributed by atoms with Gasteiger partial charge in [-0.05, 0) is 37.0 Å². The number of pyridine rings is 1. The molecule has 1 saturated carbocycles. The van der Waals surface area contributed by atoms with E-state index in [2.05, 4.69) is 4.98 Å². The fraction of sp³-hybridized carbons (Fsp3) is 0.333. The van der Waals surface area contributed by atoms with Crippen molar-refractivity contribution < 1.29 is 23.4 Å². The van der Waals surface area contributed by atoms with Gasteiger partial charge in [0, 0.05) is 12.5 Å². The molecule has 0 bridgehead atoms. The van der Waals surface area contributed by atoms with Crippen LogP contribution in [0.2, 0.25) is 0 Å². The highest BCUT2D eigenvalue weighted by Gasteiger charge is 2.48. The summed E-state index contributed by atoms with van der Waals surface area (Å²) in [6.07, 6.45) is 3.07. The Morgan fingerprint density at radius 1 is 1.38 bits per heavy atom. The van der Waals surface area contributed by atoms with Crippen molar-refractivity contribution in [3.63, 3.8) is 0 Å². The maximum absolute atomic E-state index is 13.9. The molecule has 126 valence electrons. The van der Waals surface area contributed by atoms with Gasteiger partial charge in [0.15, 0.2) is 0 Å². The highest BCUT2D eigenvalue weighted by atomic mass is 19.1. The lowest BCUT2D eigenvalue weighted by Gasteiger charge is -2.27. The Morgan fingerprint density at radius 3 is 2.88 bits per heavy atom. The lowest BCUT2D eigenvalue weighted by Crippen LogP contribution is -2.35. The van der Waals surface area contributed by atoms with E-state index in [0.29, 0.717) is 24.0 Å². The van der Waals surface area contributed by atoms with Crippen LogP contribution in [0.3, 0.4) is 0 Å². The third kappa shape index (κ3) is 2.84. The zero-order valence-corrected chi connectivity index (χ0v) is 13.1. The van der Waals surface area contributed by atoms with Gasteiger partial charge in [0.1, 0.15) is 23.5 Å². The summed E-state index contributed by atoms with van der Waals surface area (Å²) >= 11 is 0. The molecule has 1 aromatic carbocycles. The molecule has 1 N–H and O–H groups in total. The molecule has 2 aromatic rings. The first kappa shape index (κ1) is 16.4. The monoisotopic (exact) mass is 333 g/mol. The number of ether oxygens (including phenoxy) is 1. The molecule has 4 nitrogen and oxygen atoms in total. The molecule has 0 radical (unpaired) electrons. The highest BCUT2D eigenvalue weighted by molar-refractivity contribution is 5.82. The Kier molecular flexibility index (Phi) is 4.22. The van der Waals surface area contributed by atoms with Gasteiger partial charge in [-0.3, -0.25) is 9.78 Å². The summed E-state index contributed by atoms with van der Waals surface area (Å²) in [5.41, 5.74) is -0.385. The van der Waals surface area contributed by atoms with Crippen molar-refractivity contribution in [3.8, 4) is 5.75 Å². The first-order valence-corrected chi connectivity index (χ1v) is 7.68. The Hall–Kier alpha value is -2.50. The van der Waals surface area contributed by atoms with Gasteiger partial charge >= 0.3 is 5.97 Å². The number of aromatic nitrogens is 1. The lowest BCUT2D eigenvalue weighted by atomic mass is 9.76. The van der Waals surface area contributed by atoms with Crippen molar-refractivity contribution in [1.29, 1.82) is 0 Å². The number of nitrogens with zero attached hydrogens (tertiary/aromatic N) is 1. The number of carbonyl (C=O) groups is 1. The number of carboxylic acid groups (broad SMARTS) is 1. The van der Waals surface area contributed by atoms with E-state index in [1.165, 1.54) is 24.4 Å². The fourth-order valence-electron chi connectivity index (χ4n) is 3.43. The van der Waals surface area contributed by atoms with Crippen LogP contribution < -0.4 is 4.74 Å². The van der Waals surface area contributed by atoms with Crippen molar-refractivity contribution in [2.75, 3.05) is 0 Å². The Balaban J connectivity index is 1.88. The van der Waals surface area contributed by atoms with Crippen LogP contribution in [0.15, 0.2) is 36.7 Å². The molecule has 2 unspecified atom stereocenters. The maximum atomic E-state index is 13.9. The summed E-state index contributed by atoms with van der Waals surface area (Å²) in [5, 5.41) is 9.81. The molecule has 3 rings (SSSR count). The molecule has 24 heavy (non-hydrogen) atoms. The van der Waals surface area contributed by atoms with Crippen LogP contribution in [0, 0.1) is 18.6 Å². The summed E-state index contributed by atoms with van der Waals surface area (Å²) < 4.78 is 32.8. The average Bonchev–Trinajstić information content (AvgIpc) is 2.95. The van der Waals surface area contributed by atoms with Gasteiger partial charge in [-0.15, -0.1) is 0 Å². The predicted molar refractivity (Wildman–Crippen MR) is 82.9 cm³/mol. The summed E-state index contributed by atoms with van der Waals surface area (Å²) in [6, 6.07) is 5.70. The van der Waals surface area contributed by atoms with Crippen molar-refractivity contribution in [2.24, 2.45) is 0 Å². The van der Waals surface area contributed by atoms with Gasteiger partial charge in [0.05, 0.1) is 17.8 Å². The molecule has 0 saturated heterocycles. The molecule has 2 atom stereocenters. The summed E-state index contributed by atoms with van der Waals surface area (Å²) in [7, 11) is 0. The largest absolute Gasteiger partial charge is 0.489 e. The summed E-state index contributed by atoms with van der Waals surface area (Å²) in [4.78, 5) is 15.7. The predicted octanol–water partition coefficient (Wildman–Crippen LogP) is 3.62. The van der Waals surface area contributed by atoms with E-state index < -0.39 is 29.1 Å². The van der Waals surface area contributed by atoms with Crippen LogP contribution in [0.1, 0.15) is 30.4 Å². The van der Waals surface area contributed by atoms with E-state index >= 15 is 0 Å². The molecule has 1 heterocycles. The first-order chi connectivity index (χ1) is 11.4. The fourth-order valence-corrected chi connectivity index (χ4v) is 3.43. The third-order valence-corrected chi connectivity index (χ3v) is 4.64. The van der Waals surface area contributed by atoms with Crippen molar-refractivity contribution >= 4 is 5.97 Å². The molecular weight excluding hydrogens is 316 g/mol. The van der Waals surface area contributed by atoms with Gasteiger partial charge in [-0.2, -0.15) is 0 Å². The number of halogens is 2. The van der Waals surface area contributed by atoms with E-state index in [-0.39, 0.29) is 12.2 Å². The molecule has 6 heteroatoms. The van der Waals surface area contributed by atoms with Gasteiger partial charge in [0.25, 0.3) is 0 Å². The minimum Gasteiger partial charge on any atom is -0.489 e. The number of carboxylic acids is 1. The van der Waals surface area contributed by atoms with E-state index in [1.54, 1.807) is 13.0 Å². The topological polar surface area (TPSA) is 59.4 Å². The van der Waals surface area contributed by atoms with E-state index in [1.807, 2.05) is 0 Å². The molecule has 1 aliphatic carbocycles. The van der Waals surface area contributed by atoms with Crippen LogP contribution >= 0.6 is 0 Å². The normalized spacial score (nSPS) is 23.2. The van der Waals surface area contributed by atoms with Crippen molar-refractivity contribution in [2.45, 2.75) is 37.7 Å². The minimum atomic E-state index is -1.20. The number of aliphatic carboxylic acids is 1. The smallest absolute Gasteiger partial charge is 0.314 e. The second kappa shape index (κ2) is 6.19. The SMILES string of the molecule is Cc1c(F)cccc1C1(C(=O)O)CCC(Oc2cncc(F)c2)C1. The molecule has 1 aliphatic rings. The molecule has 1 aromatic heterocycles. The second-order valence-corrected chi connectivity index (χ2v) is 6.12. The van der Waals surface area contributed by atoms with Crippen LogP contribution in [-0.4, -0.2) is 22.2 Å². The Labute approximate surface area is 138 Å². The first-order valence-electron chi connectivity index (χ1n) is 7.68. The van der Waals surface area contributed by atoms with Gasteiger partial charge in [-0.25, -0.2) is 8.78 Å². The zero-order chi connectivity index (χ0) is 17.3. The maximum Gasteiger partial charge on any atom is 0.314 e. The lowest BCUT2D eigenvalue weighted by molar-refractivity contribution is -0.144. The minimum absolute atomic E-state index is 0.198. The number of rotatable bonds is 4. The molecule has 0 spiro atoms. The van der Waals surface area contributed by atoms with Crippen LogP contribution in [0.4, 0.5) is 8.78 Å². The van der Waals surface area contributed by atoms with Gasteiger partial charge in [-0.1, -0.05) is 12.1 Å². The van der Waals surface area contributed by atoms with E-state index in [0.717, 1.165) is 6.20 Å². The summed E-state index contributed by atoms with van der Waals surface area (Å²) in [5.74, 6) is -1.68. The van der Waals surface area contributed by atoms with E-state index in [9.17, 15) is 18.7 Å². The third-order valence-electron chi connectivity index (χ3n) is 4.64. The van der Waals surface area contributed by atoms with Crippen LogP contribution in [-0.2, 0) is 10.2 Å². The van der Waals surface area contributed by atoms with Gasteiger partial charge < -0.3 is 9.84 Å². The Bertz CT molecular complexity index is 781. The van der Waals surface area contributed by atoms with Crippen LogP contribution in [0.25, 0.3) is 0 Å². The van der Waals surface area contributed by atoms with Gasteiger partial charge in [0.2, 0.25) is 0 Å². The number of hydrogen-bond acceptors (Lipinski definition) is 3. The standard InChI is InChI=1S/C18H17F2NO3/c1-11-15(3-2-4-16(11)20)18(17(22)23)6-5-13(8-18)24-14-7-12(19)9-21-10-14/h2-4,7,9-10,13H,5-6,8H2,1H3,(H,22,23). The average molecular weight is 333 g/mol. The quantitative estimate of drug-likeness (QED) is 0.928. The van der Waals surface area contributed by atoms with Crippen LogP contribution in [0.5, 0.6) is 5.75 Å². The Morgan fingerprint density at radius 2 is 2.17 bits per heavy atom. The molecule has 0 aliphatic heterocycles. The highest BCUT2D eigenvalue weighted by Crippen LogP contribution is 2.44. The van der Waals surface area contributed by atoms with Crippen molar-refractivity contribution in [3.05, 3.63) is 59.4 Å². The molecular formula is C18H17F2NO3. The molecule has 1 fully saturated rings. The number of hydrogen-bond donors (Lipinski definition) is 1. The van der Waals surface area contributed by atoms with E-state index in [4.69, 9.17) is 4.74 Å². The zero-order valence-electron chi connectivity index (χ0n) is 13.1. The second-order valence-electron chi connectivity index (χ2n) is 6.12. The van der Waals surface area contributed by atoms with Crippen molar-refractivity contribution in [1.82, 2.24) is 4.98 Å². The molecule has 0 amide bonds.